The summed E-state index contributed by atoms with van der Waals surface area (Å²) in [5.74, 6) is 0.905. The van der Waals surface area contributed by atoms with Gasteiger partial charge < -0.3 is 20.3 Å². The summed E-state index contributed by atoms with van der Waals surface area (Å²) in [6.07, 6.45) is 2.16. The van der Waals surface area contributed by atoms with Crippen LogP contribution in [0.1, 0.15) is 12.8 Å². The Morgan fingerprint density at radius 1 is 1.11 bits per heavy atom. The molecule has 19 heavy (non-hydrogen) atoms. The van der Waals surface area contributed by atoms with Gasteiger partial charge in [-0.3, -0.25) is 0 Å². The zero-order chi connectivity index (χ0) is 14.1. The van der Waals surface area contributed by atoms with Gasteiger partial charge in [-0.05, 0) is 52.2 Å². The molecule has 0 saturated carbocycles. The van der Waals surface area contributed by atoms with Crippen LogP contribution in [-0.2, 0) is 0 Å². The summed E-state index contributed by atoms with van der Waals surface area (Å²) in [6.45, 7) is 3.87. The van der Waals surface area contributed by atoms with E-state index in [1.54, 1.807) is 7.11 Å². The molecule has 2 N–H and O–H groups in total. The minimum absolute atomic E-state index is 0.730. The van der Waals surface area contributed by atoms with E-state index in [0.717, 1.165) is 44.8 Å². The molecule has 1 rings (SSSR count). The summed E-state index contributed by atoms with van der Waals surface area (Å²) in [6, 6.07) is 8.24. The third-order valence-corrected chi connectivity index (χ3v) is 3.08. The van der Waals surface area contributed by atoms with Gasteiger partial charge in [-0.2, -0.15) is 0 Å². The highest BCUT2D eigenvalue weighted by molar-refractivity contribution is 5.50. The largest absolute Gasteiger partial charge is 0.497 e. The zero-order valence-electron chi connectivity index (χ0n) is 12.4. The van der Waals surface area contributed by atoms with Crippen molar-refractivity contribution in [1.82, 2.24) is 4.90 Å². The summed E-state index contributed by atoms with van der Waals surface area (Å²) in [5, 5.41) is 0. The van der Waals surface area contributed by atoms with Crippen LogP contribution in [0.5, 0.6) is 5.75 Å². The van der Waals surface area contributed by atoms with E-state index < -0.39 is 0 Å². The SMILES string of the molecule is COc1cccc(N(CCCN)CCCN(C)C)c1. The Hall–Kier alpha value is -1.26. The summed E-state index contributed by atoms with van der Waals surface area (Å²) >= 11 is 0. The Bertz CT molecular complexity index is 355. The number of ether oxygens (including phenoxy) is 1. The first-order valence-electron chi connectivity index (χ1n) is 6.91. The van der Waals surface area contributed by atoms with Gasteiger partial charge in [0.05, 0.1) is 7.11 Å². The molecule has 108 valence electrons. The molecule has 0 bridgehead atoms. The number of methoxy groups -OCH3 is 1. The predicted molar refractivity (Wildman–Crippen MR) is 82.0 cm³/mol. The van der Waals surface area contributed by atoms with Crippen molar-refractivity contribution >= 4 is 5.69 Å². The highest BCUT2D eigenvalue weighted by atomic mass is 16.5. The summed E-state index contributed by atoms with van der Waals surface area (Å²) in [4.78, 5) is 4.60. The van der Waals surface area contributed by atoms with Gasteiger partial charge >= 0.3 is 0 Å². The first-order valence-corrected chi connectivity index (χ1v) is 6.91. The molecule has 4 heteroatoms. The van der Waals surface area contributed by atoms with Gasteiger partial charge in [0.25, 0.3) is 0 Å². The minimum Gasteiger partial charge on any atom is -0.497 e. The predicted octanol–water partition coefficient (Wildman–Crippen LogP) is 1.80. The molecule has 0 unspecified atom stereocenters. The lowest BCUT2D eigenvalue weighted by Crippen LogP contribution is -2.29. The molecule has 0 fully saturated rings. The first kappa shape index (κ1) is 15.8. The molecule has 0 saturated heterocycles. The number of hydrogen-bond donors (Lipinski definition) is 1. The van der Waals surface area contributed by atoms with Crippen molar-refractivity contribution in [2.45, 2.75) is 12.8 Å². The lowest BCUT2D eigenvalue weighted by molar-refractivity contribution is 0.399. The standard InChI is InChI=1S/C15H27N3O/c1-17(2)10-6-12-18(11-5-9-16)14-7-4-8-15(13-14)19-3/h4,7-8,13H,5-6,9-12,16H2,1-3H3. The molecule has 0 radical (unpaired) electrons. The molecule has 0 aliphatic heterocycles. The Balaban J connectivity index is 2.65. The van der Waals surface area contributed by atoms with Crippen molar-refractivity contribution in [3.8, 4) is 5.75 Å². The Kier molecular flexibility index (Phi) is 7.30. The topological polar surface area (TPSA) is 41.7 Å². The van der Waals surface area contributed by atoms with Crippen LogP contribution >= 0.6 is 0 Å². The Morgan fingerprint density at radius 2 is 1.84 bits per heavy atom. The van der Waals surface area contributed by atoms with Crippen LogP contribution in [0.3, 0.4) is 0 Å². The van der Waals surface area contributed by atoms with Crippen molar-refractivity contribution in [2.24, 2.45) is 5.73 Å². The van der Waals surface area contributed by atoms with Crippen LogP contribution in [0.25, 0.3) is 0 Å². The number of nitrogens with two attached hydrogens (primary N) is 1. The average molecular weight is 265 g/mol. The zero-order valence-corrected chi connectivity index (χ0v) is 12.4. The molecule has 1 aromatic carbocycles. The lowest BCUT2D eigenvalue weighted by Gasteiger charge is -2.25. The second-order valence-corrected chi connectivity index (χ2v) is 4.99. The fraction of sp³-hybridized carbons (Fsp3) is 0.600. The smallest absolute Gasteiger partial charge is 0.120 e. The fourth-order valence-electron chi connectivity index (χ4n) is 2.04. The van der Waals surface area contributed by atoms with Gasteiger partial charge in [0.2, 0.25) is 0 Å². The maximum atomic E-state index is 5.63. The van der Waals surface area contributed by atoms with Gasteiger partial charge in [0.1, 0.15) is 5.75 Å². The molecular formula is C15H27N3O. The molecule has 0 spiro atoms. The van der Waals surface area contributed by atoms with E-state index in [1.807, 2.05) is 12.1 Å². The molecular weight excluding hydrogens is 238 g/mol. The maximum absolute atomic E-state index is 5.63. The Labute approximate surface area is 117 Å². The van der Waals surface area contributed by atoms with Crippen molar-refractivity contribution in [3.63, 3.8) is 0 Å². The number of anilines is 1. The van der Waals surface area contributed by atoms with Gasteiger partial charge in [-0.1, -0.05) is 6.07 Å². The van der Waals surface area contributed by atoms with Crippen molar-refractivity contribution < 1.29 is 4.74 Å². The molecule has 0 atom stereocenters. The monoisotopic (exact) mass is 265 g/mol. The lowest BCUT2D eigenvalue weighted by atomic mass is 10.2. The van der Waals surface area contributed by atoms with Crippen LogP contribution in [0.15, 0.2) is 24.3 Å². The van der Waals surface area contributed by atoms with E-state index in [-0.39, 0.29) is 0 Å². The van der Waals surface area contributed by atoms with E-state index in [9.17, 15) is 0 Å². The highest BCUT2D eigenvalue weighted by Crippen LogP contribution is 2.21. The number of nitrogens with zero attached hydrogens (tertiary/aromatic N) is 2. The van der Waals surface area contributed by atoms with Gasteiger partial charge in [0, 0.05) is 24.8 Å². The molecule has 0 amide bonds. The third kappa shape index (κ3) is 5.94. The van der Waals surface area contributed by atoms with Crippen LogP contribution in [0.2, 0.25) is 0 Å². The van der Waals surface area contributed by atoms with Crippen molar-refractivity contribution in [2.75, 3.05) is 52.3 Å². The molecule has 0 aromatic heterocycles. The van der Waals surface area contributed by atoms with E-state index in [1.165, 1.54) is 5.69 Å². The Morgan fingerprint density at radius 3 is 2.47 bits per heavy atom. The van der Waals surface area contributed by atoms with Gasteiger partial charge in [-0.25, -0.2) is 0 Å². The highest BCUT2D eigenvalue weighted by Gasteiger charge is 2.07. The van der Waals surface area contributed by atoms with E-state index in [0.29, 0.717) is 0 Å². The van der Waals surface area contributed by atoms with Crippen LogP contribution in [0.4, 0.5) is 5.69 Å². The van der Waals surface area contributed by atoms with Gasteiger partial charge in [0.15, 0.2) is 0 Å². The first-order chi connectivity index (χ1) is 9.17. The van der Waals surface area contributed by atoms with Crippen LogP contribution in [0, 0.1) is 0 Å². The van der Waals surface area contributed by atoms with E-state index >= 15 is 0 Å². The van der Waals surface area contributed by atoms with Crippen LogP contribution < -0.4 is 15.4 Å². The minimum atomic E-state index is 0.730. The van der Waals surface area contributed by atoms with E-state index in [2.05, 4.69) is 36.0 Å². The second-order valence-electron chi connectivity index (χ2n) is 4.99. The normalized spacial score (nSPS) is 10.8. The fourth-order valence-corrected chi connectivity index (χ4v) is 2.04. The molecule has 4 nitrogen and oxygen atoms in total. The molecule has 1 aromatic rings. The summed E-state index contributed by atoms with van der Waals surface area (Å²) < 4.78 is 5.29. The van der Waals surface area contributed by atoms with E-state index in [4.69, 9.17) is 10.5 Å². The molecule has 0 aliphatic rings. The number of hydrogen-bond acceptors (Lipinski definition) is 4. The summed E-state index contributed by atoms with van der Waals surface area (Å²) in [7, 11) is 5.92. The maximum Gasteiger partial charge on any atom is 0.120 e. The number of benzene rings is 1. The number of rotatable bonds is 9. The van der Waals surface area contributed by atoms with Crippen LogP contribution in [-0.4, -0.2) is 52.3 Å². The quantitative estimate of drug-likeness (QED) is 0.739. The third-order valence-electron chi connectivity index (χ3n) is 3.08. The summed E-state index contributed by atoms with van der Waals surface area (Å²) in [5.41, 5.74) is 6.84. The second kappa shape index (κ2) is 8.77. The van der Waals surface area contributed by atoms with Crippen molar-refractivity contribution in [1.29, 1.82) is 0 Å². The molecule has 0 aliphatic carbocycles. The van der Waals surface area contributed by atoms with Crippen molar-refractivity contribution in [3.05, 3.63) is 24.3 Å². The van der Waals surface area contributed by atoms with Gasteiger partial charge in [-0.15, -0.1) is 0 Å². The molecule has 0 heterocycles. The average Bonchev–Trinajstić information content (AvgIpc) is 2.42.